The Bertz CT molecular complexity index is 1140. The molecule has 0 amide bonds. The van der Waals surface area contributed by atoms with E-state index in [9.17, 15) is 12.8 Å². The van der Waals surface area contributed by atoms with Crippen molar-refractivity contribution in [3.8, 4) is 16.9 Å². The smallest absolute Gasteiger partial charge is 0.235 e. The van der Waals surface area contributed by atoms with Crippen LogP contribution < -0.4 is 9.46 Å². The van der Waals surface area contributed by atoms with Gasteiger partial charge in [0.1, 0.15) is 29.1 Å². The molecule has 0 saturated heterocycles. The molecule has 1 aliphatic heterocycles. The average Bonchev–Trinajstić information content (AvgIpc) is 2.89. The SMILES string of the molecule is O=S1(=O)CCn2c(Cl)c(Cl)c(-c3ccc(OCc4cccc(F)c4)cc3)c2N1. The molecule has 1 aliphatic rings. The molecular formula is C19H15Cl2FN2O3S. The summed E-state index contributed by atoms with van der Waals surface area (Å²) in [6, 6.07) is 13.2. The Morgan fingerprint density at radius 1 is 1.14 bits per heavy atom. The minimum Gasteiger partial charge on any atom is -0.489 e. The normalized spacial score (nSPS) is 15.0. The van der Waals surface area contributed by atoms with Crippen molar-refractivity contribution in [1.29, 1.82) is 0 Å². The van der Waals surface area contributed by atoms with Crippen molar-refractivity contribution in [3.05, 3.63) is 70.1 Å². The zero-order valence-electron chi connectivity index (χ0n) is 14.5. The van der Waals surface area contributed by atoms with Crippen LogP contribution in [0, 0.1) is 5.82 Å². The topological polar surface area (TPSA) is 60.3 Å². The molecule has 0 bridgehead atoms. The van der Waals surface area contributed by atoms with Crippen molar-refractivity contribution in [2.24, 2.45) is 0 Å². The van der Waals surface area contributed by atoms with Gasteiger partial charge in [-0.15, -0.1) is 0 Å². The lowest BCUT2D eigenvalue weighted by Gasteiger charge is -2.19. The molecule has 0 radical (unpaired) electrons. The fraction of sp³-hybridized carbons (Fsp3) is 0.158. The number of nitrogens with one attached hydrogen (secondary N) is 1. The van der Waals surface area contributed by atoms with Crippen LogP contribution >= 0.6 is 23.2 Å². The van der Waals surface area contributed by atoms with E-state index in [4.69, 9.17) is 27.9 Å². The predicted octanol–water partition coefficient (Wildman–Crippen LogP) is 4.94. The zero-order valence-corrected chi connectivity index (χ0v) is 16.8. The highest BCUT2D eigenvalue weighted by atomic mass is 35.5. The van der Waals surface area contributed by atoms with Gasteiger partial charge in [-0.1, -0.05) is 47.5 Å². The van der Waals surface area contributed by atoms with Gasteiger partial charge >= 0.3 is 0 Å². The summed E-state index contributed by atoms with van der Waals surface area (Å²) in [5, 5.41) is 0.579. The first-order chi connectivity index (χ1) is 13.3. The number of halogens is 3. The first kappa shape index (κ1) is 19.1. The molecule has 2 heterocycles. The number of anilines is 1. The van der Waals surface area contributed by atoms with E-state index in [-0.39, 0.29) is 29.7 Å². The lowest BCUT2D eigenvalue weighted by atomic mass is 10.1. The maximum absolute atomic E-state index is 13.2. The average molecular weight is 441 g/mol. The van der Waals surface area contributed by atoms with Crippen molar-refractivity contribution >= 4 is 39.0 Å². The summed E-state index contributed by atoms with van der Waals surface area (Å²) < 4.78 is 47.0. The van der Waals surface area contributed by atoms with Gasteiger partial charge in [-0.2, -0.15) is 0 Å². The Morgan fingerprint density at radius 2 is 1.89 bits per heavy atom. The van der Waals surface area contributed by atoms with Gasteiger partial charge in [0, 0.05) is 12.1 Å². The summed E-state index contributed by atoms with van der Waals surface area (Å²) >= 11 is 12.7. The van der Waals surface area contributed by atoms with Crippen LogP contribution in [-0.2, 0) is 23.2 Å². The Labute approximate surface area is 171 Å². The summed E-state index contributed by atoms with van der Waals surface area (Å²) in [5.74, 6) is 0.569. The maximum atomic E-state index is 13.2. The molecule has 5 nitrogen and oxygen atoms in total. The summed E-state index contributed by atoms with van der Waals surface area (Å²) in [6.07, 6.45) is 0. The number of rotatable bonds is 4. The predicted molar refractivity (Wildman–Crippen MR) is 108 cm³/mol. The molecule has 2 aromatic carbocycles. The zero-order chi connectivity index (χ0) is 19.9. The van der Waals surface area contributed by atoms with E-state index in [0.717, 1.165) is 5.56 Å². The van der Waals surface area contributed by atoms with E-state index in [1.54, 1.807) is 41.0 Å². The minimum atomic E-state index is -3.42. The molecule has 0 fully saturated rings. The van der Waals surface area contributed by atoms with Gasteiger partial charge < -0.3 is 9.30 Å². The molecular weight excluding hydrogens is 426 g/mol. The third-order valence-electron chi connectivity index (χ3n) is 4.42. The Balaban J connectivity index is 1.60. The highest BCUT2D eigenvalue weighted by molar-refractivity contribution is 7.92. The lowest BCUT2D eigenvalue weighted by molar-refractivity contribution is 0.305. The van der Waals surface area contributed by atoms with Crippen molar-refractivity contribution in [2.75, 3.05) is 10.5 Å². The third kappa shape index (κ3) is 3.70. The monoisotopic (exact) mass is 440 g/mol. The first-order valence-electron chi connectivity index (χ1n) is 8.40. The van der Waals surface area contributed by atoms with E-state index >= 15 is 0 Å². The van der Waals surface area contributed by atoms with Gasteiger partial charge in [0.05, 0.1) is 10.8 Å². The number of hydrogen-bond donors (Lipinski definition) is 1. The molecule has 28 heavy (non-hydrogen) atoms. The molecule has 1 N–H and O–H groups in total. The van der Waals surface area contributed by atoms with E-state index in [2.05, 4.69) is 4.72 Å². The molecule has 0 unspecified atom stereocenters. The molecule has 0 aliphatic carbocycles. The fourth-order valence-electron chi connectivity index (χ4n) is 3.06. The van der Waals surface area contributed by atoms with Crippen LogP contribution in [0.1, 0.15) is 5.56 Å². The second-order valence-corrected chi connectivity index (χ2v) is 8.92. The molecule has 9 heteroatoms. The number of sulfonamides is 1. The molecule has 0 saturated carbocycles. The van der Waals surface area contributed by atoms with Gasteiger partial charge in [-0.05, 0) is 35.4 Å². The van der Waals surface area contributed by atoms with Crippen LogP contribution in [0.25, 0.3) is 11.1 Å². The summed E-state index contributed by atoms with van der Waals surface area (Å²) in [5.41, 5.74) is 1.93. The second kappa shape index (κ2) is 7.31. The third-order valence-corrected chi connectivity index (χ3v) is 6.50. The largest absolute Gasteiger partial charge is 0.489 e. The molecule has 0 atom stereocenters. The van der Waals surface area contributed by atoms with Crippen LogP contribution in [-0.4, -0.2) is 18.7 Å². The van der Waals surface area contributed by atoms with E-state index < -0.39 is 10.0 Å². The van der Waals surface area contributed by atoms with Gasteiger partial charge in [0.2, 0.25) is 10.0 Å². The number of aromatic nitrogens is 1. The van der Waals surface area contributed by atoms with Gasteiger partial charge in [-0.3, -0.25) is 4.72 Å². The fourth-order valence-corrected chi connectivity index (χ4v) is 4.66. The van der Waals surface area contributed by atoms with E-state index in [1.807, 2.05) is 0 Å². The number of benzene rings is 2. The Morgan fingerprint density at radius 3 is 2.61 bits per heavy atom. The Hall–Kier alpha value is -2.22. The van der Waals surface area contributed by atoms with Crippen molar-refractivity contribution in [2.45, 2.75) is 13.2 Å². The van der Waals surface area contributed by atoms with Crippen LogP contribution in [0.15, 0.2) is 48.5 Å². The standard InChI is InChI=1S/C19H15Cl2FN2O3S/c20-17-16(19-23-28(25,26)9-8-24(19)18(17)21)13-4-6-15(7-5-13)27-11-12-2-1-3-14(22)10-12/h1-7,10,23H,8-9,11H2. The second-order valence-electron chi connectivity index (χ2n) is 6.34. The number of fused-ring (bicyclic) bond motifs is 1. The number of hydrogen-bond acceptors (Lipinski definition) is 3. The number of nitrogens with zero attached hydrogens (tertiary/aromatic N) is 1. The molecule has 3 aromatic rings. The van der Waals surface area contributed by atoms with E-state index in [0.29, 0.717) is 27.8 Å². The minimum absolute atomic E-state index is 0.0585. The van der Waals surface area contributed by atoms with Crippen LogP contribution in [0.2, 0.25) is 10.2 Å². The first-order valence-corrected chi connectivity index (χ1v) is 10.8. The van der Waals surface area contributed by atoms with Gasteiger partial charge in [0.15, 0.2) is 0 Å². The Kier molecular flexibility index (Phi) is 4.99. The molecule has 0 spiro atoms. The van der Waals surface area contributed by atoms with Crippen LogP contribution in [0.5, 0.6) is 5.75 Å². The molecule has 1 aromatic heterocycles. The van der Waals surface area contributed by atoms with Gasteiger partial charge in [-0.25, -0.2) is 12.8 Å². The molecule has 146 valence electrons. The highest BCUT2D eigenvalue weighted by Crippen LogP contribution is 2.44. The van der Waals surface area contributed by atoms with Crippen LogP contribution in [0.3, 0.4) is 0 Å². The van der Waals surface area contributed by atoms with E-state index in [1.165, 1.54) is 12.1 Å². The van der Waals surface area contributed by atoms with Crippen molar-refractivity contribution in [3.63, 3.8) is 0 Å². The van der Waals surface area contributed by atoms with Crippen molar-refractivity contribution in [1.82, 2.24) is 4.57 Å². The summed E-state index contributed by atoms with van der Waals surface area (Å²) in [4.78, 5) is 0. The summed E-state index contributed by atoms with van der Waals surface area (Å²) in [7, 11) is -3.42. The highest BCUT2D eigenvalue weighted by Gasteiger charge is 2.29. The van der Waals surface area contributed by atoms with Crippen LogP contribution in [0.4, 0.5) is 10.2 Å². The maximum Gasteiger partial charge on any atom is 0.235 e. The van der Waals surface area contributed by atoms with Gasteiger partial charge in [0.25, 0.3) is 0 Å². The number of ether oxygens (including phenoxy) is 1. The quantitative estimate of drug-likeness (QED) is 0.624. The summed E-state index contributed by atoms with van der Waals surface area (Å²) in [6.45, 7) is 0.461. The van der Waals surface area contributed by atoms with Crippen molar-refractivity contribution < 1.29 is 17.5 Å². The molecule has 4 rings (SSSR count). The lowest BCUT2D eigenvalue weighted by Crippen LogP contribution is -2.27.